The lowest BCUT2D eigenvalue weighted by molar-refractivity contribution is 0.548. The van der Waals surface area contributed by atoms with Crippen LogP contribution in [0.1, 0.15) is 22.8 Å². The standard InChI is InChI=1S/C9H10O2S/c10-12(11)9-6-5-7-3-1-2-4-8(7)9/h1-4,9H,5-6H2,(H,10,11). The SMILES string of the molecule is O=S(O)C1CCc2ccccc21. The lowest BCUT2D eigenvalue weighted by Crippen LogP contribution is -2.00. The van der Waals surface area contributed by atoms with Crippen molar-refractivity contribution in [3.05, 3.63) is 35.4 Å². The van der Waals surface area contributed by atoms with Crippen LogP contribution in [0.5, 0.6) is 0 Å². The topological polar surface area (TPSA) is 37.3 Å². The first kappa shape index (κ1) is 7.95. The molecule has 0 fully saturated rings. The molecule has 0 saturated carbocycles. The van der Waals surface area contributed by atoms with E-state index >= 15 is 0 Å². The third-order valence-corrected chi connectivity index (χ3v) is 3.30. The van der Waals surface area contributed by atoms with E-state index in [1.807, 2.05) is 24.3 Å². The maximum Gasteiger partial charge on any atom is 0.160 e. The van der Waals surface area contributed by atoms with Gasteiger partial charge in [0, 0.05) is 0 Å². The van der Waals surface area contributed by atoms with Crippen LogP contribution in [-0.2, 0) is 17.5 Å². The molecule has 64 valence electrons. The molecule has 3 heteroatoms. The van der Waals surface area contributed by atoms with E-state index in [9.17, 15) is 4.21 Å². The van der Waals surface area contributed by atoms with E-state index in [2.05, 4.69) is 0 Å². The fourth-order valence-electron chi connectivity index (χ4n) is 1.73. The van der Waals surface area contributed by atoms with E-state index in [0.29, 0.717) is 0 Å². The summed E-state index contributed by atoms with van der Waals surface area (Å²) >= 11 is -1.70. The monoisotopic (exact) mass is 182 g/mol. The average Bonchev–Trinajstić information content (AvgIpc) is 2.47. The van der Waals surface area contributed by atoms with Gasteiger partial charge in [-0.2, -0.15) is 0 Å². The average molecular weight is 182 g/mol. The summed E-state index contributed by atoms with van der Waals surface area (Å²) < 4.78 is 19.8. The lowest BCUT2D eigenvalue weighted by Gasteiger charge is -2.04. The highest BCUT2D eigenvalue weighted by atomic mass is 32.2. The van der Waals surface area contributed by atoms with Crippen LogP contribution in [0.2, 0.25) is 0 Å². The summed E-state index contributed by atoms with van der Waals surface area (Å²) in [5.74, 6) is 0. The quantitative estimate of drug-likeness (QED) is 0.673. The molecule has 2 nitrogen and oxygen atoms in total. The van der Waals surface area contributed by atoms with E-state index in [4.69, 9.17) is 4.55 Å². The third-order valence-electron chi connectivity index (χ3n) is 2.32. The van der Waals surface area contributed by atoms with E-state index in [1.54, 1.807) is 0 Å². The molecule has 0 spiro atoms. The van der Waals surface area contributed by atoms with Crippen molar-refractivity contribution in [2.45, 2.75) is 18.1 Å². The van der Waals surface area contributed by atoms with Crippen LogP contribution in [0.3, 0.4) is 0 Å². The highest BCUT2D eigenvalue weighted by Crippen LogP contribution is 2.34. The summed E-state index contributed by atoms with van der Waals surface area (Å²) in [4.78, 5) is 0. The second-order valence-electron chi connectivity index (χ2n) is 3.00. The van der Waals surface area contributed by atoms with Crippen molar-refractivity contribution in [1.29, 1.82) is 0 Å². The zero-order chi connectivity index (χ0) is 8.55. The normalized spacial score (nSPS) is 23.6. The summed E-state index contributed by atoms with van der Waals surface area (Å²) in [6.45, 7) is 0. The van der Waals surface area contributed by atoms with Gasteiger partial charge in [-0.1, -0.05) is 24.3 Å². The minimum Gasteiger partial charge on any atom is -0.306 e. The lowest BCUT2D eigenvalue weighted by atomic mass is 10.1. The molecule has 1 aliphatic carbocycles. The van der Waals surface area contributed by atoms with Crippen LogP contribution in [0.25, 0.3) is 0 Å². The number of benzene rings is 1. The second-order valence-corrected chi connectivity index (χ2v) is 4.12. The molecule has 2 unspecified atom stereocenters. The summed E-state index contributed by atoms with van der Waals surface area (Å²) in [6.07, 6.45) is 1.75. The molecule has 0 heterocycles. The van der Waals surface area contributed by atoms with Crippen LogP contribution >= 0.6 is 0 Å². The fraction of sp³-hybridized carbons (Fsp3) is 0.333. The molecule has 1 aromatic rings. The van der Waals surface area contributed by atoms with Crippen LogP contribution < -0.4 is 0 Å². The van der Waals surface area contributed by atoms with Crippen molar-refractivity contribution in [3.8, 4) is 0 Å². The van der Waals surface area contributed by atoms with Gasteiger partial charge in [0.25, 0.3) is 0 Å². The molecule has 1 aromatic carbocycles. The van der Waals surface area contributed by atoms with Gasteiger partial charge in [0.1, 0.15) is 0 Å². The van der Waals surface area contributed by atoms with Gasteiger partial charge in [0.15, 0.2) is 11.1 Å². The van der Waals surface area contributed by atoms with Gasteiger partial charge in [-0.05, 0) is 24.0 Å². The molecule has 1 N–H and O–H groups in total. The zero-order valence-corrected chi connectivity index (χ0v) is 7.38. The molecule has 1 aliphatic rings. The van der Waals surface area contributed by atoms with Gasteiger partial charge in [0.2, 0.25) is 0 Å². The highest BCUT2D eigenvalue weighted by Gasteiger charge is 2.25. The van der Waals surface area contributed by atoms with Gasteiger partial charge in [0.05, 0.1) is 5.25 Å². The fourth-order valence-corrected chi connectivity index (χ4v) is 2.49. The number of rotatable bonds is 1. The minimum atomic E-state index is -1.70. The molecule has 0 bridgehead atoms. The number of aryl methyl sites for hydroxylation is 1. The highest BCUT2D eigenvalue weighted by molar-refractivity contribution is 7.79. The van der Waals surface area contributed by atoms with E-state index in [-0.39, 0.29) is 5.25 Å². The zero-order valence-electron chi connectivity index (χ0n) is 6.56. The van der Waals surface area contributed by atoms with Crippen LogP contribution in [-0.4, -0.2) is 8.76 Å². The molecule has 0 saturated heterocycles. The second kappa shape index (κ2) is 2.99. The largest absolute Gasteiger partial charge is 0.306 e. The molecule has 0 amide bonds. The molecule has 2 rings (SSSR count). The van der Waals surface area contributed by atoms with Crippen molar-refractivity contribution >= 4 is 11.1 Å². The van der Waals surface area contributed by atoms with Gasteiger partial charge >= 0.3 is 0 Å². The van der Waals surface area contributed by atoms with Crippen molar-refractivity contribution in [2.24, 2.45) is 0 Å². The van der Waals surface area contributed by atoms with E-state index in [1.165, 1.54) is 5.56 Å². The summed E-state index contributed by atoms with van der Waals surface area (Å²) in [5.41, 5.74) is 2.28. The Morgan fingerprint density at radius 3 is 2.92 bits per heavy atom. The van der Waals surface area contributed by atoms with Crippen molar-refractivity contribution in [2.75, 3.05) is 0 Å². The Kier molecular flexibility index (Phi) is 1.98. The Hall–Kier alpha value is -0.670. The smallest absolute Gasteiger partial charge is 0.160 e. The Balaban J connectivity index is 2.42. The molecule has 12 heavy (non-hydrogen) atoms. The van der Waals surface area contributed by atoms with Gasteiger partial charge in [-0.15, -0.1) is 0 Å². The molecule has 2 atom stereocenters. The molecular weight excluding hydrogens is 172 g/mol. The van der Waals surface area contributed by atoms with E-state index < -0.39 is 11.1 Å². The molecule has 0 aromatic heterocycles. The molecule has 0 aliphatic heterocycles. The molecule has 0 radical (unpaired) electrons. The Bertz CT molecular complexity index is 322. The molecular formula is C9H10O2S. The van der Waals surface area contributed by atoms with Gasteiger partial charge in [-0.3, -0.25) is 0 Å². The van der Waals surface area contributed by atoms with Crippen LogP contribution in [0.15, 0.2) is 24.3 Å². The number of fused-ring (bicyclic) bond motifs is 1. The first-order valence-electron chi connectivity index (χ1n) is 3.96. The number of hydrogen-bond donors (Lipinski definition) is 1. The minimum absolute atomic E-state index is 0.152. The van der Waals surface area contributed by atoms with Crippen molar-refractivity contribution < 1.29 is 8.76 Å². The Morgan fingerprint density at radius 2 is 2.17 bits per heavy atom. The summed E-state index contributed by atoms with van der Waals surface area (Å²) in [5, 5.41) is -0.152. The van der Waals surface area contributed by atoms with E-state index in [0.717, 1.165) is 18.4 Å². The maximum absolute atomic E-state index is 10.9. The first-order valence-corrected chi connectivity index (χ1v) is 5.13. The van der Waals surface area contributed by atoms with Gasteiger partial charge in [-0.25, -0.2) is 4.21 Å². The summed E-state index contributed by atoms with van der Waals surface area (Å²) in [7, 11) is 0. The van der Waals surface area contributed by atoms with Crippen molar-refractivity contribution in [3.63, 3.8) is 0 Å². The van der Waals surface area contributed by atoms with Crippen molar-refractivity contribution in [1.82, 2.24) is 0 Å². The maximum atomic E-state index is 10.9. The van der Waals surface area contributed by atoms with Crippen LogP contribution in [0.4, 0.5) is 0 Å². The third kappa shape index (κ3) is 1.19. The Labute approximate surface area is 73.9 Å². The van der Waals surface area contributed by atoms with Gasteiger partial charge < -0.3 is 4.55 Å². The summed E-state index contributed by atoms with van der Waals surface area (Å²) in [6, 6.07) is 7.87. The predicted octanol–water partition coefficient (Wildman–Crippen LogP) is 1.90. The number of hydrogen-bond acceptors (Lipinski definition) is 1. The predicted molar refractivity (Wildman–Crippen MR) is 48.3 cm³/mol. The van der Waals surface area contributed by atoms with Crippen LogP contribution in [0, 0.1) is 0 Å². The Morgan fingerprint density at radius 1 is 1.42 bits per heavy atom. The first-order chi connectivity index (χ1) is 5.79.